The zero-order valence-electron chi connectivity index (χ0n) is 15.6. The van der Waals surface area contributed by atoms with Crippen LogP contribution in [0.15, 0.2) is 42.5 Å². The summed E-state index contributed by atoms with van der Waals surface area (Å²) in [6, 6.07) is 14.1. The number of thiazole rings is 1. The molecule has 0 atom stereocenters. The highest BCUT2D eigenvalue weighted by Crippen LogP contribution is 2.30. The predicted octanol–water partition coefficient (Wildman–Crippen LogP) is 2.70. The Hall–Kier alpha value is -3.00. The van der Waals surface area contributed by atoms with Crippen LogP contribution in [0.25, 0.3) is 21.3 Å². The van der Waals surface area contributed by atoms with Crippen LogP contribution in [0.3, 0.4) is 0 Å². The molecule has 1 aliphatic rings. The Balaban J connectivity index is 1.25. The molecular weight excluding hydrogens is 372 g/mol. The minimum atomic E-state index is 0.0789. The van der Waals surface area contributed by atoms with Gasteiger partial charge in [0.25, 0.3) is 0 Å². The highest BCUT2D eigenvalue weighted by atomic mass is 32.1. The molecule has 0 N–H and O–H groups in total. The number of hydrogen-bond acceptors (Lipinski definition) is 6. The molecular formula is C20H20N6OS. The largest absolute Gasteiger partial charge is 0.345 e. The van der Waals surface area contributed by atoms with Crippen molar-refractivity contribution in [1.82, 2.24) is 24.9 Å². The Morgan fingerprint density at radius 1 is 1.07 bits per heavy atom. The number of hydrogen-bond donors (Lipinski definition) is 0. The third-order valence-corrected chi connectivity index (χ3v) is 6.22. The number of benzene rings is 2. The van der Waals surface area contributed by atoms with E-state index in [1.165, 1.54) is 10.3 Å². The lowest BCUT2D eigenvalue weighted by Crippen LogP contribution is -2.49. The summed E-state index contributed by atoms with van der Waals surface area (Å²) in [6.07, 6.45) is 0. The van der Waals surface area contributed by atoms with E-state index >= 15 is 0 Å². The van der Waals surface area contributed by atoms with Crippen LogP contribution in [0.2, 0.25) is 0 Å². The maximum Gasteiger partial charge on any atom is 0.244 e. The van der Waals surface area contributed by atoms with E-state index in [0.717, 1.165) is 34.8 Å². The van der Waals surface area contributed by atoms with E-state index in [0.29, 0.717) is 13.1 Å². The second kappa shape index (κ2) is 6.87. The average Bonchev–Trinajstić information content (AvgIpc) is 3.32. The van der Waals surface area contributed by atoms with E-state index in [-0.39, 0.29) is 12.5 Å². The number of fused-ring (bicyclic) bond motifs is 2. The molecule has 0 aliphatic carbocycles. The molecule has 4 aromatic rings. The lowest BCUT2D eigenvalue weighted by atomic mass is 10.2. The van der Waals surface area contributed by atoms with Crippen LogP contribution in [-0.2, 0) is 11.3 Å². The van der Waals surface area contributed by atoms with E-state index in [1.807, 2.05) is 29.2 Å². The first-order valence-electron chi connectivity index (χ1n) is 9.35. The zero-order valence-corrected chi connectivity index (χ0v) is 16.4. The summed E-state index contributed by atoms with van der Waals surface area (Å²) in [6.45, 7) is 5.30. The molecule has 2 aromatic heterocycles. The SMILES string of the molecule is Cc1ccc2nc(N3CCN(C(=O)Cn4nnc5ccccc54)CC3)sc2c1. The fourth-order valence-electron chi connectivity index (χ4n) is 3.56. The number of carbonyl (C=O) groups is 1. The van der Waals surface area contributed by atoms with Gasteiger partial charge in [0.2, 0.25) is 5.91 Å². The number of aryl methyl sites for hydroxylation is 1. The van der Waals surface area contributed by atoms with Crippen molar-refractivity contribution in [2.45, 2.75) is 13.5 Å². The van der Waals surface area contributed by atoms with Gasteiger partial charge in [0.1, 0.15) is 12.1 Å². The highest BCUT2D eigenvalue weighted by molar-refractivity contribution is 7.22. The van der Waals surface area contributed by atoms with E-state index in [1.54, 1.807) is 16.0 Å². The van der Waals surface area contributed by atoms with E-state index in [4.69, 9.17) is 4.98 Å². The Kier molecular flexibility index (Phi) is 4.20. The van der Waals surface area contributed by atoms with E-state index in [9.17, 15) is 4.79 Å². The molecule has 1 aliphatic heterocycles. The summed E-state index contributed by atoms with van der Waals surface area (Å²) >= 11 is 1.72. The van der Waals surface area contributed by atoms with Gasteiger partial charge in [-0.1, -0.05) is 34.7 Å². The predicted molar refractivity (Wildman–Crippen MR) is 111 cm³/mol. The van der Waals surface area contributed by atoms with Gasteiger partial charge >= 0.3 is 0 Å². The molecule has 0 radical (unpaired) electrons. The molecule has 142 valence electrons. The smallest absolute Gasteiger partial charge is 0.244 e. The van der Waals surface area contributed by atoms with Gasteiger partial charge in [-0.05, 0) is 36.8 Å². The van der Waals surface area contributed by atoms with Crippen molar-refractivity contribution in [2.24, 2.45) is 0 Å². The molecule has 3 heterocycles. The lowest BCUT2D eigenvalue weighted by Gasteiger charge is -2.34. The zero-order chi connectivity index (χ0) is 19.1. The maximum absolute atomic E-state index is 12.7. The molecule has 1 saturated heterocycles. The number of rotatable bonds is 3. The average molecular weight is 392 g/mol. The minimum absolute atomic E-state index is 0.0789. The third-order valence-electron chi connectivity index (χ3n) is 5.14. The van der Waals surface area contributed by atoms with Crippen LogP contribution in [0.1, 0.15) is 5.56 Å². The first-order chi connectivity index (χ1) is 13.7. The first-order valence-corrected chi connectivity index (χ1v) is 10.2. The number of aromatic nitrogens is 4. The monoisotopic (exact) mass is 392 g/mol. The third kappa shape index (κ3) is 3.09. The maximum atomic E-state index is 12.7. The quantitative estimate of drug-likeness (QED) is 0.536. The van der Waals surface area contributed by atoms with E-state index < -0.39 is 0 Å². The number of piperazine rings is 1. The van der Waals surface area contributed by atoms with Crippen molar-refractivity contribution in [3.05, 3.63) is 48.0 Å². The van der Waals surface area contributed by atoms with Gasteiger partial charge in [-0.15, -0.1) is 5.10 Å². The van der Waals surface area contributed by atoms with Crippen LogP contribution in [-0.4, -0.2) is 57.0 Å². The van der Waals surface area contributed by atoms with Crippen LogP contribution in [0.5, 0.6) is 0 Å². The van der Waals surface area contributed by atoms with Crippen LogP contribution in [0.4, 0.5) is 5.13 Å². The second-order valence-corrected chi connectivity index (χ2v) is 8.08. The van der Waals surface area contributed by atoms with E-state index in [2.05, 4.69) is 40.3 Å². The van der Waals surface area contributed by atoms with Gasteiger partial charge in [0.05, 0.1) is 15.7 Å². The van der Waals surface area contributed by atoms with Crippen LogP contribution >= 0.6 is 11.3 Å². The standard InChI is InChI=1S/C20H20N6OS/c1-14-6-7-16-18(12-14)28-20(21-16)25-10-8-24(9-11-25)19(27)13-26-17-5-3-2-4-15(17)22-23-26/h2-7,12H,8-11,13H2,1H3. The molecule has 1 fully saturated rings. The molecule has 0 unspecified atom stereocenters. The Bertz CT molecular complexity index is 1160. The second-order valence-electron chi connectivity index (χ2n) is 7.07. The molecule has 1 amide bonds. The molecule has 8 heteroatoms. The summed E-state index contributed by atoms with van der Waals surface area (Å²) in [5, 5.41) is 9.28. The van der Waals surface area contributed by atoms with Gasteiger partial charge in [-0.3, -0.25) is 4.79 Å². The Morgan fingerprint density at radius 2 is 1.89 bits per heavy atom. The lowest BCUT2D eigenvalue weighted by molar-refractivity contribution is -0.132. The fraction of sp³-hybridized carbons (Fsp3) is 0.300. The van der Waals surface area contributed by atoms with Crippen molar-refractivity contribution < 1.29 is 4.79 Å². The Labute approximate surface area is 166 Å². The summed E-state index contributed by atoms with van der Waals surface area (Å²) in [5.41, 5.74) is 3.99. The number of anilines is 1. The first kappa shape index (κ1) is 17.1. The number of nitrogens with zero attached hydrogens (tertiary/aromatic N) is 6. The van der Waals surface area contributed by atoms with Gasteiger partial charge in [-0.2, -0.15) is 0 Å². The molecule has 7 nitrogen and oxygen atoms in total. The van der Waals surface area contributed by atoms with Gasteiger partial charge in [0, 0.05) is 26.2 Å². The minimum Gasteiger partial charge on any atom is -0.345 e. The molecule has 5 rings (SSSR count). The fourth-order valence-corrected chi connectivity index (χ4v) is 4.68. The topological polar surface area (TPSA) is 67.2 Å². The van der Waals surface area contributed by atoms with Gasteiger partial charge in [-0.25, -0.2) is 9.67 Å². The van der Waals surface area contributed by atoms with Crippen molar-refractivity contribution in [3.63, 3.8) is 0 Å². The van der Waals surface area contributed by atoms with Crippen LogP contribution < -0.4 is 4.90 Å². The van der Waals surface area contributed by atoms with Gasteiger partial charge < -0.3 is 9.80 Å². The summed E-state index contributed by atoms with van der Waals surface area (Å²) in [7, 11) is 0. The van der Waals surface area contributed by atoms with Crippen molar-refractivity contribution >= 4 is 43.6 Å². The molecule has 0 spiro atoms. The van der Waals surface area contributed by atoms with Crippen molar-refractivity contribution in [3.8, 4) is 0 Å². The summed E-state index contributed by atoms with van der Waals surface area (Å²) < 4.78 is 2.89. The Morgan fingerprint density at radius 3 is 2.75 bits per heavy atom. The number of amides is 1. The molecule has 28 heavy (non-hydrogen) atoms. The molecule has 0 saturated carbocycles. The van der Waals surface area contributed by atoms with Gasteiger partial charge in [0.15, 0.2) is 5.13 Å². The molecule has 2 aromatic carbocycles. The normalized spacial score (nSPS) is 14.9. The number of para-hydroxylation sites is 1. The summed E-state index contributed by atoms with van der Waals surface area (Å²) in [5.74, 6) is 0.0789. The summed E-state index contributed by atoms with van der Waals surface area (Å²) in [4.78, 5) is 21.7. The highest BCUT2D eigenvalue weighted by Gasteiger charge is 2.24. The van der Waals surface area contributed by atoms with Crippen molar-refractivity contribution in [1.29, 1.82) is 0 Å². The van der Waals surface area contributed by atoms with Crippen molar-refractivity contribution in [2.75, 3.05) is 31.1 Å². The number of carbonyl (C=O) groups excluding carboxylic acids is 1. The van der Waals surface area contributed by atoms with Crippen LogP contribution in [0, 0.1) is 6.92 Å². The molecule has 0 bridgehead atoms.